The number of carbonyl (C=O) groups excluding carboxylic acids is 1. The van der Waals surface area contributed by atoms with E-state index in [9.17, 15) is 4.79 Å². The first-order valence-electron chi connectivity index (χ1n) is 8.58. The molecule has 5 heteroatoms. The van der Waals surface area contributed by atoms with Crippen LogP contribution in [0.15, 0.2) is 76.6 Å². The molecule has 1 aromatic heterocycles. The molecule has 0 aliphatic carbocycles. The molecule has 0 saturated carbocycles. The molecule has 2 heterocycles. The van der Waals surface area contributed by atoms with E-state index in [1.165, 1.54) is 27.8 Å². The summed E-state index contributed by atoms with van der Waals surface area (Å²) in [5.41, 5.74) is 3.29. The smallest absolute Gasteiger partial charge is 0.266 e. The van der Waals surface area contributed by atoms with Crippen LogP contribution in [0.2, 0.25) is 0 Å². The van der Waals surface area contributed by atoms with Gasteiger partial charge in [0.2, 0.25) is 0 Å². The molecule has 3 nitrogen and oxygen atoms in total. The molecule has 0 spiro atoms. The monoisotopic (exact) mass is 390 g/mol. The second kappa shape index (κ2) is 7.55. The maximum absolute atomic E-state index is 12.6. The Labute approximate surface area is 167 Å². The third kappa shape index (κ3) is 3.89. The summed E-state index contributed by atoms with van der Waals surface area (Å²) in [6.45, 7) is 2.09. The number of rotatable bonds is 3. The van der Waals surface area contributed by atoms with Gasteiger partial charge in [-0.3, -0.25) is 9.69 Å². The summed E-state index contributed by atoms with van der Waals surface area (Å²) >= 11 is 3.10. The van der Waals surface area contributed by atoms with E-state index in [-0.39, 0.29) is 5.91 Å². The fourth-order valence-electron chi connectivity index (χ4n) is 2.70. The Morgan fingerprint density at radius 2 is 1.70 bits per heavy atom. The van der Waals surface area contributed by atoms with Crippen LogP contribution in [0.4, 0.5) is 5.69 Å². The predicted molar refractivity (Wildman–Crippen MR) is 116 cm³/mol. The van der Waals surface area contributed by atoms with E-state index in [1.54, 1.807) is 23.3 Å². The first kappa shape index (κ1) is 17.8. The van der Waals surface area contributed by atoms with Crippen LogP contribution in [0.3, 0.4) is 0 Å². The van der Waals surface area contributed by atoms with E-state index < -0.39 is 0 Å². The molecule has 1 aliphatic rings. The molecular formula is C22H18N2OS2. The van der Waals surface area contributed by atoms with Crippen molar-refractivity contribution in [3.63, 3.8) is 0 Å². The molecule has 0 unspecified atom stereocenters. The summed E-state index contributed by atoms with van der Waals surface area (Å²) in [5.74, 6) is -0.0139. The quantitative estimate of drug-likeness (QED) is 0.517. The summed E-state index contributed by atoms with van der Waals surface area (Å²) in [6, 6.07) is 22.4. The Bertz CT molecular complexity index is 1030. The lowest BCUT2D eigenvalue weighted by molar-refractivity contribution is -0.121. The van der Waals surface area contributed by atoms with Crippen LogP contribution < -0.4 is 0 Å². The maximum atomic E-state index is 12.6. The van der Waals surface area contributed by atoms with Gasteiger partial charge in [-0.1, -0.05) is 48.0 Å². The van der Waals surface area contributed by atoms with Crippen LogP contribution >= 0.6 is 23.1 Å². The van der Waals surface area contributed by atoms with Gasteiger partial charge >= 0.3 is 0 Å². The van der Waals surface area contributed by atoms with Crippen molar-refractivity contribution >= 4 is 45.9 Å². The molecule has 0 N–H and O–H groups in total. The molecule has 1 fully saturated rings. The number of hydrogen-bond acceptors (Lipinski definition) is 4. The van der Waals surface area contributed by atoms with Gasteiger partial charge in [-0.15, -0.1) is 11.3 Å². The topological polar surface area (TPSA) is 32.7 Å². The van der Waals surface area contributed by atoms with Gasteiger partial charge in [0.05, 0.1) is 10.6 Å². The summed E-state index contributed by atoms with van der Waals surface area (Å²) < 4.78 is 0. The highest BCUT2D eigenvalue weighted by atomic mass is 32.2. The Hall–Kier alpha value is -2.63. The largest absolute Gasteiger partial charge is 0.290 e. The van der Waals surface area contributed by atoms with Crippen LogP contribution in [-0.2, 0) is 4.79 Å². The number of aryl methyl sites for hydroxylation is 1. The number of nitrogens with zero attached hydrogens (tertiary/aromatic N) is 2. The number of aliphatic imine (C=N–C) groups is 1. The van der Waals surface area contributed by atoms with E-state index in [4.69, 9.17) is 0 Å². The van der Waals surface area contributed by atoms with Gasteiger partial charge in [0.1, 0.15) is 0 Å². The van der Waals surface area contributed by atoms with Crippen molar-refractivity contribution in [3.8, 4) is 10.4 Å². The van der Waals surface area contributed by atoms with Crippen LogP contribution in [0, 0.1) is 6.92 Å². The highest BCUT2D eigenvalue weighted by Gasteiger charge is 2.30. The number of likely N-dealkylation sites (N-methyl/N-ethyl adjacent to an activating group) is 1. The van der Waals surface area contributed by atoms with Crippen LogP contribution in [0.5, 0.6) is 0 Å². The van der Waals surface area contributed by atoms with Gasteiger partial charge in [-0.05, 0) is 54.6 Å². The Balaban J connectivity index is 1.58. The minimum atomic E-state index is -0.0139. The van der Waals surface area contributed by atoms with E-state index in [2.05, 4.69) is 48.3 Å². The summed E-state index contributed by atoms with van der Waals surface area (Å²) in [7, 11) is 1.77. The van der Waals surface area contributed by atoms with E-state index in [1.807, 2.05) is 36.4 Å². The van der Waals surface area contributed by atoms with E-state index in [0.717, 1.165) is 10.6 Å². The maximum Gasteiger partial charge on any atom is 0.266 e. The number of benzene rings is 2. The summed E-state index contributed by atoms with van der Waals surface area (Å²) in [4.78, 5) is 21.7. The Morgan fingerprint density at radius 3 is 2.44 bits per heavy atom. The summed E-state index contributed by atoms with van der Waals surface area (Å²) in [5, 5.41) is 0.702. The Kier molecular flexibility index (Phi) is 4.97. The molecule has 2 aromatic carbocycles. The minimum absolute atomic E-state index is 0.0139. The van der Waals surface area contributed by atoms with Gasteiger partial charge in [0.25, 0.3) is 5.91 Å². The lowest BCUT2D eigenvalue weighted by atomic mass is 10.1. The Morgan fingerprint density at radius 1 is 0.963 bits per heavy atom. The van der Waals surface area contributed by atoms with Crippen molar-refractivity contribution in [2.45, 2.75) is 6.92 Å². The van der Waals surface area contributed by atoms with Crippen molar-refractivity contribution < 1.29 is 4.79 Å². The molecule has 0 atom stereocenters. The molecule has 134 valence electrons. The number of thioether (sulfide) groups is 1. The molecule has 4 rings (SSSR count). The van der Waals surface area contributed by atoms with Crippen molar-refractivity contribution in [2.24, 2.45) is 4.99 Å². The third-order valence-electron chi connectivity index (χ3n) is 4.22. The molecule has 27 heavy (non-hydrogen) atoms. The van der Waals surface area contributed by atoms with Crippen molar-refractivity contribution in [2.75, 3.05) is 7.05 Å². The molecule has 3 aromatic rings. The fourth-order valence-corrected chi connectivity index (χ4v) is 4.71. The van der Waals surface area contributed by atoms with E-state index in [0.29, 0.717) is 10.1 Å². The molecule has 1 amide bonds. The van der Waals surface area contributed by atoms with Crippen molar-refractivity contribution in [1.82, 2.24) is 4.90 Å². The number of amides is 1. The second-order valence-corrected chi connectivity index (χ2v) is 8.40. The zero-order chi connectivity index (χ0) is 18.8. The van der Waals surface area contributed by atoms with Gasteiger partial charge in [0.15, 0.2) is 5.17 Å². The predicted octanol–water partition coefficient (Wildman–Crippen LogP) is 5.96. The van der Waals surface area contributed by atoms with Gasteiger partial charge in [-0.25, -0.2) is 4.99 Å². The fraction of sp³-hybridized carbons (Fsp3) is 0.0909. The lowest BCUT2D eigenvalue weighted by Gasteiger charge is -2.06. The normalized spacial score (nSPS) is 17.3. The second-order valence-electron chi connectivity index (χ2n) is 6.27. The van der Waals surface area contributed by atoms with Gasteiger partial charge in [0, 0.05) is 16.8 Å². The standard InChI is InChI=1S/C22H18N2OS2/c1-15-8-10-16(11-9-15)19-13-12-18(26-19)14-20-21(25)24(2)22(27-20)23-17-6-4-3-5-7-17/h3-14H,1-2H3/b20-14-,23-22?. The van der Waals surface area contributed by atoms with Crippen LogP contribution in [0.25, 0.3) is 16.5 Å². The zero-order valence-electron chi connectivity index (χ0n) is 15.0. The van der Waals surface area contributed by atoms with Crippen molar-refractivity contribution in [1.29, 1.82) is 0 Å². The number of amidine groups is 1. The average molecular weight is 391 g/mol. The van der Waals surface area contributed by atoms with E-state index >= 15 is 0 Å². The zero-order valence-corrected chi connectivity index (χ0v) is 16.7. The number of para-hydroxylation sites is 1. The molecular weight excluding hydrogens is 372 g/mol. The number of carbonyl (C=O) groups is 1. The lowest BCUT2D eigenvalue weighted by Crippen LogP contribution is -2.23. The molecule has 0 bridgehead atoms. The number of thiophene rings is 1. The van der Waals surface area contributed by atoms with Gasteiger partial charge < -0.3 is 0 Å². The summed E-state index contributed by atoms with van der Waals surface area (Å²) in [6.07, 6.45) is 1.96. The van der Waals surface area contributed by atoms with Gasteiger partial charge in [-0.2, -0.15) is 0 Å². The highest BCUT2D eigenvalue weighted by Crippen LogP contribution is 2.36. The van der Waals surface area contributed by atoms with Crippen molar-refractivity contribution in [3.05, 3.63) is 82.1 Å². The number of hydrogen-bond donors (Lipinski definition) is 0. The van der Waals surface area contributed by atoms with Crippen LogP contribution in [0.1, 0.15) is 10.4 Å². The molecule has 1 saturated heterocycles. The first-order valence-corrected chi connectivity index (χ1v) is 10.2. The minimum Gasteiger partial charge on any atom is -0.290 e. The van der Waals surface area contributed by atoms with Crippen LogP contribution in [-0.4, -0.2) is 23.0 Å². The average Bonchev–Trinajstić information content (AvgIpc) is 3.24. The molecule has 0 radical (unpaired) electrons. The molecule has 1 aliphatic heterocycles. The third-order valence-corrected chi connectivity index (χ3v) is 6.36. The SMILES string of the molecule is Cc1ccc(-c2ccc(/C=C3\SC(=Nc4ccccc4)N(C)C3=O)s2)cc1. The first-order chi connectivity index (χ1) is 13.1. The highest BCUT2D eigenvalue weighted by molar-refractivity contribution is 8.18.